The Morgan fingerprint density at radius 3 is 1.87 bits per heavy atom. The maximum Gasteiger partial charge on any atom is 0.159 e. The number of para-hydroxylation sites is 2. The second-order valence-electron chi connectivity index (χ2n) is 20.6. The molecule has 1 spiro atoms. The summed E-state index contributed by atoms with van der Waals surface area (Å²) in [6.07, 6.45) is 6.93. The Balaban J connectivity index is 0.983. The molecule has 0 N–H and O–H groups in total. The number of furan rings is 1. The van der Waals surface area contributed by atoms with Gasteiger partial charge in [-0.05, 0) is 155 Å². The van der Waals surface area contributed by atoms with Crippen molar-refractivity contribution in [2.75, 3.05) is 4.90 Å². The van der Waals surface area contributed by atoms with E-state index in [4.69, 9.17) is 4.42 Å². The van der Waals surface area contributed by atoms with Crippen molar-refractivity contribution in [3.63, 3.8) is 0 Å². The van der Waals surface area contributed by atoms with E-state index in [-0.39, 0.29) is 10.8 Å². The van der Waals surface area contributed by atoms with Gasteiger partial charge in [-0.25, -0.2) is 0 Å². The van der Waals surface area contributed by atoms with Crippen LogP contribution < -0.4 is 4.90 Å². The van der Waals surface area contributed by atoms with Crippen molar-refractivity contribution < 1.29 is 4.42 Å². The van der Waals surface area contributed by atoms with Crippen LogP contribution in [0.3, 0.4) is 0 Å². The number of fused-ring (bicyclic) bond motifs is 12. The quantitative estimate of drug-likeness (QED) is 0.176. The third kappa shape index (κ3) is 4.73. The van der Waals surface area contributed by atoms with Crippen LogP contribution in [0, 0.1) is 23.2 Å². The molecule has 2 nitrogen and oxygen atoms in total. The molecule has 4 heteroatoms. The van der Waals surface area contributed by atoms with Crippen LogP contribution in [0.1, 0.15) is 76.5 Å². The fourth-order valence-corrected chi connectivity index (χ4v) is 16.0. The zero-order chi connectivity index (χ0) is 40.6. The Bertz CT molecular complexity index is 3480. The lowest BCUT2D eigenvalue weighted by Gasteiger charge is -2.64. The van der Waals surface area contributed by atoms with Crippen molar-refractivity contribution in [1.82, 2.24) is 0 Å². The third-order valence-corrected chi connectivity index (χ3v) is 18.2. The van der Waals surface area contributed by atoms with Crippen LogP contribution in [0.4, 0.5) is 17.1 Å². The van der Waals surface area contributed by atoms with Gasteiger partial charge < -0.3 is 9.32 Å². The maximum atomic E-state index is 6.70. The lowest BCUT2D eigenvalue weighted by molar-refractivity contribution is -0.0888. The summed E-state index contributed by atoms with van der Waals surface area (Å²) in [4.78, 5) is 2.41. The van der Waals surface area contributed by atoms with E-state index < -0.39 is 0 Å². The van der Waals surface area contributed by atoms with Gasteiger partial charge >= 0.3 is 0 Å². The zero-order valence-corrected chi connectivity index (χ0v) is 36.8. The van der Waals surface area contributed by atoms with Crippen molar-refractivity contribution in [3.8, 4) is 11.1 Å². The fourth-order valence-electron chi connectivity index (χ4n) is 13.7. The molecule has 3 aromatic heterocycles. The van der Waals surface area contributed by atoms with Crippen molar-refractivity contribution in [2.24, 2.45) is 23.2 Å². The maximum absolute atomic E-state index is 6.70. The predicted octanol–water partition coefficient (Wildman–Crippen LogP) is 17.2. The van der Waals surface area contributed by atoms with Gasteiger partial charge in [0.15, 0.2) is 5.58 Å². The molecule has 10 aromatic rings. The topological polar surface area (TPSA) is 16.4 Å². The molecule has 0 amide bonds. The minimum Gasteiger partial charge on any atom is -0.454 e. The van der Waals surface area contributed by atoms with Crippen LogP contribution in [-0.4, -0.2) is 0 Å². The average Bonchev–Trinajstić information content (AvgIpc) is 3.99. The standard InChI is InChI=1S/C57H47NOS2/c1-55(2,3)33-16-18-36(19-17-33)58(48-13-9-12-41-38-10-5-7-14-49(38)59-54(41)48)37-20-21-40-45-26-43-42-25-44-39-11-6-8-15-50(39)60-52(44)27-46(42)57(47(43)28-53(45)61-51(40)24-37)34-22-32-23-35(57)31-56(4,29-32)30-34/h5-21,24-28,32,34-35H,22-23,29-31H2,1-4H3. The molecule has 5 aliphatic carbocycles. The molecule has 2 atom stereocenters. The summed E-state index contributed by atoms with van der Waals surface area (Å²) < 4.78 is 12.3. The number of benzene rings is 7. The number of anilines is 3. The van der Waals surface area contributed by atoms with Crippen molar-refractivity contribution in [3.05, 3.63) is 150 Å². The Morgan fingerprint density at radius 2 is 1.16 bits per heavy atom. The summed E-state index contributed by atoms with van der Waals surface area (Å²) in [6, 6.07) is 51.1. The van der Waals surface area contributed by atoms with E-state index in [0.717, 1.165) is 44.9 Å². The van der Waals surface area contributed by atoms with E-state index in [1.165, 1.54) is 89.1 Å². The molecule has 7 aromatic carbocycles. The summed E-state index contributed by atoms with van der Waals surface area (Å²) in [5.41, 5.74) is 13.4. The van der Waals surface area contributed by atoms with Crippen molar-refractivity contribution >= 4 is 102 Å². The summed E-state index contributed by atoms with van der Waals surface area (Å²) in [5.74, 6) is 2.29. The van der Waals surface area contributed by atoms with Crippen molar-refractivity contribution in [1.29, 1.82) is 0 Å². The number of hydrogen-bond acceptors (Lipinski definition) is 4. The van der Waals surface area contributed by atoms with Crippen LogP contribution >= 0.6 is 22.7 Å². The Labute approximate surface area is 364 Å². The monoisotopic (exact) mass is 825 g/mol. The largest absolute Gasteiger partial charge is 0.454 e. The van der Waals surface area contributed by atoms with Gasteiger partial charge in [0.2, 0.25) is 0 Å². The van der Waals surface area contributed by atoms with Gasteiger partial charge in [-0.1, -0.05) is 94.4 Å². The molecule has 4 saturated carbocycles. The fraction of sp³-hybridized carbons (Fsp3) is 0.263. The van der Waals surface area contributed by atoms with Crippen molar-refractivity contribution in [2.45, 2.75) is 70.6 Å². The lowest BCUT2D eigenvalue weighted by Crippen LogP contribution is -2.58. The number of nitrogens with zero attached hydrogens (tertiary/aromatic N) is 1. The van der Waals surface area contributed by atoms with E-state index in [2.05, 4.69) is 166 Å². The molecule has 2 unspecified atom stereocenters. The smallest absolute Gasteiger partial charge is 0.159 e. The normalized spacial score (nSPS) is 24.0. The molecule has 0 radical (unpaired) electrons. The SMILES string of the molecule is CC12CC3CC(C1)C1(c4cc5sc6ccccc6c5cc4-c4cc5c(cc41)sc1cc(N(c4ccc(C(C)(C)C)cc4)c4cccc6c4oc4ccccc46)ccc15)C(C3)C2. The second-order valence-corrected chi connectivity index (χ2v) is 22.7. The van der Waals surface area contributed by atoms with Crippen LogP contribution in [0.2, 0.25) is 0 Å². The van der Waals surface area contributed by atoms with E-state index >= 15 is 0 Å². The molecule has 15 rings (SSSR count). The first-order valence-corrected chi connectivity index (χ1v) is 24.0. The highest BCUT2D eigenvalue weighted by Crippen LogP contribution is 2.73. The molecule has 61 heavy (non-hydrogen) atoms. The van der Waals surface area contributed by atoms with Crippen LogP contribution in [0.5, 0.6) is 0 Å². The Kier molecular flexibility index (Phi) is 6.89. The molecule has 5 aliphatic rings. The number of rotatable bonds is 3. The van der Waals surface area contributed by atoms with Gasteiger partial charge in [0.25, 0.3) is 0 Å². The minimum atomic E-state index is 0.0651. The van der Waals surface area contributed by atoms with Crippen LogP contribution in [0.25, 0.3) is 73.4 Å². The first-order chi connectivity index (χ1) is 29.6. The second kappa shape index (κ2) is 11.9. The van der Waals surface area contributed by atoms with Gasteiger partial charge in [0, 0.05) is 67.9 Å². The van der Waals surface area contributed by atoms with Gasteiger partial charge in [-0.15, -0.1) is 22.7 Å². The summed E-state index contributed by atoms with van der Waals surface area (Å²) >= 11 is 3.98. The molecular formula is C57H47NOS2. The zero-order valence-electron chi connectivity index (χ0n) is 35.1. The first kappa shape index (κ1) is 35.2. The highest BCUT2D eigenvalue weighted by atomic mass is 32.1. The van der Waals surface area contributed by atoms with Gasteiger partial charge in [-0.2, -0.15) is 0 Å². The predicted molar refractivity (Wildman–Crippen MR) is 261 cm³/mol. The van der Waals surface area contributed by atoms with Gasteiger partial charge in [-0.3, -0.25) is 0 Å². The lowest BCUT2D eigenvalue weighted by atomic mass is 9.39. The Hall–Kier alpha value is -5.42. The van der Waals surface area contributed by atoms with Gasteiger partial charge in [0.1, 0.15) is 5.58 Å². The molecule has 0 saturated heterocycles. The summed E-state index contributed by atoms with van der Waals surface area (Å²) in [6.45, 7) is 9.48. The molecule has 4 bridgehead atoms. The minimum absolute atomic E-state index is 0.0651. The van der Waals surface area contributed by atoms with Crippen LogP contribution in [-0.2, 0) is 10.8 Å². The first-order valence-electron chi connectivity index (χ1n) is 22.4. The highest BCUT2D eigenvalue weighted by molar-refractivity contribution is 7.26. The number of thiophene rings is 2. The highest BCUT2D eigenvalue weighted by Gasteiger charge is 2.64. The third-order valence-electron chi connectivity index (χ3n) is 16.0. The molecule has 0 aliphatic heterocycles. The average molecular weight is 826 g/mol. The number of hydrogen-bond donors (Lipinski definition) is 0. The summed E-state index contributed by atoms with van der Waals surface area (Å²) in [7, 11) is 0. The summed E-state index contributed by atoms with van der Waals surface area (Å²) in [5, 5.41) is 7.85. The molecule has 4 fully saturated rings. The Morgan fingerprint density at radius 1 is 0.557 bits per heavy atom. The van der Waals surface area contributed by atoms with E-state index in [1.54, 1.807) is 11.1 Å². The van der Waals surface area contributed by atoms with Crippen LogP contribution in [0.15, 0.2) is 138 Å². The molecule has 3 heterocycles. The molecule has 298 valence electrons. The molecular weight excluding hydrogens is 779 g/mol. The van der Waals surface area contributed by atoms with E-state index in [0.29, 0.717) is 17.3 Å². The van der Waals surface area contributed by atoms with Gasteiger partial charge in [0.05, 0.1) is 5.69 Å². The van der Waals surface area contributed by atoms with E-state index in [1.807, 2.05) is 22.7 Å². The van der Waals surface area contributed by atoms with E-state index in [9.17, 15) is 0 Å².